The highest BCUT2D eigenvalue weighted by Gasteiger charge is 2.64. The molecular formula is C15H11F2IO8S2. The van der Waals surface area contributed by atoms with Gasteiger partial charge in [0.25, 0.3) is 5.79 Å². The number of alkyl halides is 2. The van der Waals surface area contributed by atoms with Gasteiger partial charge in [-0.15, -0.1) is 11.8 Å². The highest BCUT2D eigenvalue weighted by Crippen LogP contribution is 2.56. The maximum Gasteiger partial charge on any atom is 0.465 e. The second-order valence-electron chi connectivity index (χ2n) is 6.48. The van der Waals surface area contributed by atoms with Crippen molar-refractivity contribution < 1.29 is 45.6 Å². The molecule has 1 aromatic carbocycles. The molecule has 3 aliphatic rings. The average Bonchev–Trinajstić information content (AvgIpc) is 3.10. The van der Waals surface area contributed by atoms with Gasteiger partial charge in [0, 0.05) is 21.7 Å². The van der Waals surface area contributed by atoms with Crippen molar-refractivity contribution in [2.24, 2.45) is 0 Å². The van der Waals surface area contributed by atoms with Crippen LogP contribution < -0.4 is 4.74 Å². The summed E-state index contributed by atoms with van der Waals surface area (Å²) in [5.41, 5.74) is 0.273. The zero-order valence-electron chi connectivity index (χ0n) is 13.6. The summed E-state index contributed by atoms with van der Waals surface area (Å²) < 4.78 is 73.6. The van der Waals surface area contributed by atoms with Crippen LogP contribution in [0.1, 0.15) is 23.2 Å². The quantitative estimate of drug-likeness (QED) is 0.345. The summed E-state index contributed by atoms with van der Waals surface area (Å²) in [5.74, 6) is -3.87. The molecule has 4 rings (SSSR count). The van der Waals surface area contributed by atoms with Crippen LogP contribution in [0.25, 0.3) is 0 Å². The van der Waals surface area contributed by atoms with E-state index >= 15 is 0 Å². The van der Waals surface area contributed by atoms with Gasteiger partial charge in [-0.3, -0.25) is 4.55 Å². The number of benzene rings is 1. The SMILES string of the molecule is O=C1OC2(CC3SC2CC3OC(=O)C(F)(F)S(=O)(=O)O)Oc2cc(I)ccc21. The lowest BCUT2D eigenvalue weighted by molar-refractivity contribution is -0.185. The summed E-state index contributed by atoms with van der Waals surface area (Å²) >= 11 is 3.31. The van der Waals surface area contributed by atoms with Crippen LogP contribution in [0.4, 0.5) is 8.78 Å². The molecular weight excluding hydrogens is 537 g/mol. The molecule has 0 aromatic heterocycles. The largest absolute Gasteiger partial charge is 0.465 e. The number of ether oxygens (including phenoxy) is 3. The molecule has 2 saturated heterocycles. The van der Waals surface area contributed by atoms with Crippen molar-refractivity contribution in [2.75, 3.05) is 0 Å². The summed E-state index contributed by atoms with van der Waals surface area (Å²) in [4.78, 5) is 23.9. The van der Waals surface area contributed by atoms with Crippen LogP contribution in [0.15, 0.2) is 18.2 Å². The van der Waals surface area contributed by atoms with Crippen molar-refractivity contribution in [1.29, 1.82) is 0 Å². The minimum absolute atomic E-state index is 0.0230. The molecule has 0 radical (unpaired) electrons. The Morgan fingerprint density at radius 2 is 2.11 bits per heavy atom. The van der Waals surface area contributed by atoms with Gasteiger partial charge in [0.2, 0.25) is 0 Å². The van der Waals surface area contributed by atoms with E-state index in [1.807, 2.05) is 0 Å². The van der Waals surface area contributed by atoms with Crippen molar-refractivity contribution in [3.63, 3.8) is 0 Å². The van der Waals surface area contributed by atoms with Crippen molar-refractivity contribution in [3.05, 3.63) is 27.3 Å². The number of carbonyl (C=O) groups excluding carboxylic acids is 2. The normalized spacial score (nSPS) is 31.3. The Kier molecular flexibility index (Phi) is 4.60. The molecule has 0 aliphatic carbocycles. The zero-order chi connectivity index (χ0) is 20.5. The van der Waals surface area contributed by atoms with Crippen LogP contribution in [-0.4, -0.2) is 52.6 Å². The van der Waals surface area contributed by atoms with Gasteiger partial charge in [0.15, 0.2) is 0 Å². The predicted octanol–water partition coefficient (Wildman–Crippen LogP) is 2.21. The van der Waals surface area contributed by atoms with Crippen LogP contribution in [0.5, 0.6) is 5.75 Å². The molecule has 13 heteroatoms. The van der Waals surface area contributed by atoms with E-state index in [-0.39, 0.29) is 18.4 Å². The van der Waals surface area contributed by atoms with Gasteiger partial charge in [0.1, 0.15) is 17.4 Å². The monoisotopic (exact) mass is 548 g/mol. The molecule has 28 heavy (non-hydrogen) atoms. The van der Waals surface area contributed by atoms with Gasteiger partial charge in [-0.2, -0.15) is 17.2 Å². The van der Waals surface area contributed by atoms with Gasteiger partial charge in [-0.05, 0) is 40.8 Å². The lowest BCUT2D eigenvalue weighted by Gasteiger charge is -2.40. The highest BCUT2D eigenvalue weighted by atomic mass is 127. The van der Waals surface area contributed by atoms with Crippen LogP contribution in [0.3, 0.4) is 0 Å². The number of carbonyl (C=O) groups is 2. The number of hydrogen-bond acceptors (Lipinski definition) is 8. The Labute approximate surface area is 175 Å². The van der Waals surface area contributed by atoms with E-state index in [0.29, 0.717) is 5.75 Å². The molecule has 1 aromatic rings. The van der Waals surface area contributed by atoms with E-state index in [4.69, 9.17) is 14.0 Å². The van der Waals surface area contributed by atoms with Crippen molar-refractivity contribution >= 4 is 56.4 Å². The first-order valence-electron chi connectivity index (χ1n) is 7.86. The summed E-state index contributed by atoms with van der Waals surface area (Å²) in [6.45, 7) is 0. The smallest absolute Gasteiger partial charge is 0.456 e. The highest BCUT2D eigenvalue weighted by molar-refractivity contribution is 14.1. The molecule has 1 N–H and O–H groups in total. The predicted molar refractivity (Wildman–Crippen MR) is 98.7 cm³/mol. The Morgan fingerprint density at radius 3 is 2.71 bits per heavy atom. The third kappa shape index (κ3) is 3.06. The number of fused-ring (bicyclic) bond motifs is 4. The van der Waals surface area contributed by atoms with Crippen molar-refractivity contribution in [3.8, 4) is 5.75 Å². The van der Waals surface area contributed by atoms with Gasteiger partial charge >= 0.3 is 27.3 Å². The Hall–Kier alpha value is -1.19. The summed E-state index contributed by atoms with van der Waals surface area (Å²) in [7, 11) is -5.94. The molecule has 1 spiro atoms. The number of hydrogen-bond donors (Lipinski definition) is 1. The molecule has 2 fully saturated rings. The van der Waals surface area contributed by atoms with Crippen LogP contribution in [0, 0.1) is 3.57 Å². The van der Waals surface area contributed by atoms with E-state index < -0.39 is 49.7 Å². The molecule has 3 heterocycles. The number of rotatable bonds is 3. The molecule has 0 saturated carbocycles. The molecule has 0 amide bonds. The lowest BCUT2D eigenvalue weighted by atomic mass is 9.90. The van der Waals surface area contributed by atoms with Crippen LogP contribution >= 0.6 is 34.4 Å². The van der Waals surface area contributed by atoms with E-state index in [1.54, 1.807) is 18.2 Å². The first-order valence-corrected chi connectivity index (χ1v) is 11.3. The van der Waals surface area contributed by atoms with E-state index in [2.05, 4.69) is 27.3 Å². The van der Waals surface area contributed by atoms with Gasteiger partial charge in [-0.25, -0.2) is 9.59 Å². The summed E-state index contributed by atoms with van der Waals surface area (Å²) in [5, 5.41) is -6.09. The Morgan fingerprint density at radius 1 is 1.39 bits per heavy atom. The fraction of sp³-hybridized carbons (Fsp3) is 0.467. The number of esters is 2. The molecule has 4 unspecified atom stereocenters. The maximum atomic E-state index is 13.4. The molecule has 8 nitrogen and oxygen atoms in total. The fourth-order valence-corrected chi connectivity index (χ4v) is 5.92. The molecule has 4 atom stereocenters. The van der Waals surface area contributed by atoms with E-state index in [9.17, 15) is 26.8 Å². The summed E-state index contributed by atoms with van der Waals surface area (Å²) in [6.07, 6.45) is -0.927. The Balaban J connectivity index is 1.51. The van der Waals surface area contributed by atoms with Gasteiger partial charge < -0.3 is 14.2 Å². The van der Waals surface area contributed by atoms with Gasteiger partial charge in [0.05, 0.1) is 5.25 Å². The molecule has 2 bridgehead atoms. The van der Waals surface area contributed by atoms with E-state index in [0.717, 1.165) is 3.57 Å². The number of thioether (sulfide) groups is 1. The molecule has 152 valence electrons. The van der Waals surface area contributed by atoms with Gasteiger partial charge in [-0.1, -0.05) is 0 Å². The fourth-order valence-electron chi connectivity index (χ4n) is 3.41. The van der Waals surface area contributed by atoms with Crippen molar-refractivity contribution in [2.45, 2.75) is 40.5 Å². The number of halogens is 3. The van der Waals surface area contributed by atoms with Crippen LogP contribution in [0.2, 0.25) is 0 Å². The lowest BCUT2D eigenvalue weighted by Crippen LogP contribution is -2.54. The van der Waals surface area contributed by atoms with Crippen LogP contribution in [-0.2, 0) is 24.4 Å². The second-order valence-corrected chi connectivity index (χ2v) is 10.6. The topological polar surface area (TPSA) is 116 Å². The summed E-state index contributed by atoms with van der Waals surface area (Å²) in [6, 6.07) is 4.98. The standard InChI is InChI=1S/C15H11F2IO8S2/c16-15(17,28(21,22)23)13(20)24-9-4-11-14(5-10(9)27-11)25-8-3-6(18)1-2-7(8)12(19)26-14/h1-3,9-11H,4-5H2,(H,21,22,23). The maximum absolute atomic E-state index is 13.4. The zero-order valence-corrected chi connectivity index (χ0v) is 17.4. The third-order valence-corrected chi connectivity index (χ3v) is 7.89. The van der Waals surface area contributed by atoms with Crippen molar-refractivity contribution in [1.82, 2.24) is 0 Å². The second kappa shape index (κ2) is 6.40. The minimum atomic E-state index is -5.94. The molecule has 3 aliphatic heterocycles. The minimum Gasteiger partial charge on any atom is -0.456 e. The van der Waals surface area contributed by atoms with E-state index in [1.165, 1.54) is 11.8 Å². The Bertz CT molecular complexity index is 984. The third-order valence-electron chi connectivity index (χ3n) is 4.71. The first kappa shape index (κ1) is 20.1. The first-order chi connectivity index (χ1) is 12.9. The average molecular weight is 548 g/mol.